The van der Waals surface area contributed by atoms with E-state index in [1.165, 1.54) is 0 Å². The highest BCUT2D eigenvalue weighted by molar-refractivity contribution is 5.75. The van der Waals surface area contributed by atoms with Gasteiger partial charge in [-0.05, 0) is 26.0 Å². The van der Waals surface area contributed by atoms with Crippen LogP contribution >= 0.6 is 0 Å². The summed E-state index contributed by atoms with van der Waals surface area (Å²) in [6.45, 7) is 3.22. The standard InChI is InChI=1S/C15H19F2N3O/c1-10-9-21-11(2)7-19(10)8-14-18-12-5-3-4-6-13(12)20(14)15(16)17/h3-6,10-11,15H,7-9H2,1-2H3/t10-,11-/m0/s1. The Bertz CT molecular complexity index is 628. The predicted molar refractivity (Wildman–Crippen MR) is 76.3 cm³/mol. The lowest BCUT2D eigenvalue weighted by atomic mass is 10.2. The van der Waals surface area contributed by atoms with Crippen LogP contribution in [0.5, 0.6) is 0 Å². The van der Waals surface area contributed by atoms with E-state index in [0.717, 1.165) is 11.1 Å². The van der Waals surface area contributed by atoms with E-state index in [-0.39, 0.29) is 12.1 Å². The van der Waals surface area contributed by atoms with Crippen LogP contribution in [0.1, 0.15) is 26.2 Å². The molecule has 2 heterocycles. The molecular formula is C15H19F2N3O. The zero-order valence-electron chi connectivity index (χ0n) is 12.2. The van der Waals surface area contributed by atoms with Gasteiger partial charge in [-0.2, -0.15) is 8.78 Å². The first kappa shape index (κ1) is 14.4. The molecule has 1 fully saturated rings. The van der Waals surface area contributed by atoms with Gasteiger partial charge in [0.2, 0.25) is 0 Å². The third-order valence-corrected chi connectivity index (χ3v) is 3.95. The van der Waals surface area contributed by atoms with Gasteiger partial charge >= 0.3 is 6.55 Å². The number of hydrogen-bond donors (Lipinski definition) is 0. The van der Waals surface area contributed by atoms with Gasteiger partial charge in [0, 0.05) is 12.6 Å². The summed E-state index contributed by atoms with van der Waals surface area (Å²) in [7, 11) is 0. The summed E-state index contributed by atoms with van der Waals surface area (Å²) in [4.78, 5) is 6.54. The molecule has 0 saturated carbocycles. The minimum absolute atomic E-state index is 0.116. The van der Waals surface area contributed by atoms with E-state index < -0.39 is 6.55 Å². The van der Waals surface area contributed by atoms with Crippen molar-refractivity contribution in [3.8, 4) is 0 Å². The first-order chi connectivity index (χ1) is 10.1. The van der Waals surface area contributed by atoms with E-state index in [1.807, 2.05) is 19.9 Å². The Labute approximate surface area is 122 Å². The van der Waals surface area contributed by atoms with Crippen LogP contribution in [0.3, 0.4) is 0 Å². The Kier molecular flexibility index (Phi) is 3.91. The number of ether oxygens (including phenoxy) is 1. The van der Waals surface area contributed by atoms with Crippen molar-refractivity contribution in [2.24, 2.45) is 0 Å². The quantitative estimate of drug-likeness (QED) is 0.872. The van der Waals surface area contributed by atoms with Crippen molar-refractivity contribution in [2.45, 2.75) is 39.1 Å². The Morgan fingerprint density at radius 2 is 2.10 bits per heavy atom. The molecule has 1 aromatic heterocycles. The number of fused-ring (bicyclic) bond motifs is 1. The zero-order valence-corrected chi connectivity index (χ0v) is 12.2. The highest BCUT2D eigenvalue weighted by Gasteiger charge is 2.26. The van der Waals surface area contributed by atoms with Gasteiger partial charge in [0.15, 0.2) is 0 Å². The summed E-state index contributed by atoms with van der Waals surface area (Å²) in [6, 6.07) is 7.22. The summed E-state index contributed by atoms with van der Waals surface area (Å²) in [5.74, 6) is 0.409. The average Bonchev–Trinajstić information content (AvgIpc) is 2.80. The maximum Gasteiger partial charge on any atom is 0.320 e. The maximum absolute atomic E-state index is 13.4. The number of alkyl halides is 2. The number of rotatable bonds is 3. The van der Waals surface area contributed by atoms with Crippen LogP contribution in [0.15, 0.2) is 24.3 Å². The summed E-state index contributed by atoms with van der Waals surface area (Å²) in [5, 5.41) is 0. The van der Waals surface area contributed by atoms with Gasteiger partial charge in [-0.25, -0.2) is 4.98 Å². The molecular weight excluding hydrogens is 276 g/mol. The highest BCUT2D eigenvalue weighted by Crippen LogP contribution is 2.25. The third-order valence-electron chi connectivity index (χ3n) is 3.95. The first-order valence-corrected chi connectivity index (χ1v) is 7.16. The molecule has 0 amide bonds. The summed E-state index contributed by atoms with van der Waals surface area (Å²) >= 11 is 0. The SMILES string of the molecule is C[C@H]1CN(Cc2nc3ccccc3n2C(F)F)[C@@H](C)CO1. The number of halogens is 2. The number of hydrogen-bond acceptors (Lipinski definition) is 3. The van der Waals surface area contributed by atoms with Gasteiger partial charge in [-0.15, -0.1) is 0 Å². The van der Waals surface area contributed by atoms with Gasteiger partial charge in [-0.3, -0.25) is 9.47 Å². The van der Waals surface area contributed by atoms with Gasteiger partial charge in [0.1, 0.15) is 5.82 Å². The fourth-order valence-electron chi connectivity index (χ4n) is 2.80. The van der Waals surface area contributed by atoms with Crippen LogP contribution in [0, 0.1) is 0 Å². The minimum Gasteiger partial charge on any atom is -0.376 e. The van der Waals surface area contributed by atoms with Crippen molar-refractivity contribution in [1.82, 2.24) is 14.5 Å². The Morgan fingerprint density at radius 3 is 2.86 bits per heavy atom. The van der Waals surface area contributed by atoms with E-state index in [0.29, 0.717) is 30.0 Å². The molecule has 0 radical (unpaired) electrons. The minimum atomic E-state index is -2.58. The largest absolute Gasteiger partial charge is 0.376 e. The lowest BCUT2D eigenvalue weighted by Gasteiger charge is -2.36. The lowest BCUT2D eigenvalue weighted by molar-refractivity contribution is -0.0548. The van der Waals surface area contributed by atoms with Crippen molar-refractivity contribution in [1.29, 1.82) is 0 Å². The first-order valence-electron chi connectivity index (χ1n) is 7.16. The molecule has 4 nitrogen and oxygen atoms in total. The molecule has 0 aliphatic carbocycles. The van der Waals surface area contributed by atoms with Crippen molar-refractivity contribution >= 4 is 11.0 Å². The monoisotopic (exact) mass is 295 g/mol. The van der Waals surface area contributed by atoms with Crippen LogP contribution in [0.25, 0.3) is 11.0 Å². The van der Waals surface area contributed by atoms with Gasteiger partial charge in [-0.1, -0.05) is 12.1 Å². The molecule has 0 spiro atoms. The number of para-hydroxylation sites is 2. The van der Waals surface area contributed by atoms with E-state index in [9.17, 15) is 8.78 Å². The molecule has 2 atom stereocenters. The highest BCUT2D eigenvalue weighted by atomic mass is 19.3. The van der Waals surface area contributed by atoms with Gasteiger partial charge < -0.3 is 4.74 Å². The lowest BCUT2D eigenvalue weighted by Crippen LogP contribution is -2.47. The molecule has 1 aliphatic rings. The molecule has 0 unspecified atom stereocenters. The zero-order chi connectivity index (χ0) is 15.0. The molecule has 3 rings (SSSR count). The number of benzene rings is 1. The second kappa shape index (κ2) is 5.69. The molecule has 1 aromatic carbocycles. The third kappa shape index (κ3) is 2.78. The number of aromatic nitrogens is 2. The van der Waals surface area contributed by atoms with E-state index in [1.54, 1.807) is 18.2 Å². The molecule has 1 aliphatic heterocycles. The van der Waals surface area contributed by atoms with Crippen molar-refractivity contribution in [3.63, 3.8) is 0 Å². The fourth-order valence-corrected chi connectivity index (χ4v) is 2.80. The fraction of sp³-hybridized carbons (Fsp3) is 0.533. The molecule has 114 valence electrons. The van der Waals surface area contributed by atoms with Crippen LogP contribution in [-0.4, -0.2) is 39.7 Å². The van der Waals surface area contributed by atoms with Gasteiger partial charge in [0.25, 0.3) is 0 Å². The molecule has 6 heteroatoms. The van der Waals surface area contributed by atoms with E-state index in [4.69, 9.17) is 4.74 Å². The summed E-state index contributed by atoms with van der Waals surface area (Å²) in [5.41, 5.74) is 1.10. The van der Waals surface area contributed by atoms with E-state index in [2.05, 4.69) is 9.88 Å². The Balaban J connectivity index is 1.94. The summed E-state index contributed by atoms with van der Waals surface area (Å²) in [6.07, 6.45) is 0.116. The topological polar surface area (TPSA) is 30.3 Å². The molecule has 0 N–H and O–H groups in total. The predicted octanol–water partition coefficient (Wildman–Crippen LogP) is 3.04. The van der Waals surface area contributed by atoms with E-state index >= 15 is 0 Å². The number of morpholine rings is 1. The smallest absolute Gasteiger partial charge is 0.320 e. The number of imidazole rings is 1. The maximum atomic E-state index is 13.4. The second-order valence-corrected chi connectivity index (χ2v) is 5.59. The molecule has 2 aromatic rings. The van der Waals surface area contributed by atoms with Crippen LogP contribution in [-0.2, 0) is 11.3 Å². The Hall–Kier alpha value is -1.53. The Morgan fingerprint density at radius 1 is 1.33 bits per heavy atom. The van der Waals surface area contributed by atoms with Crippen molar-refractivity contribution < 1.29 is 13.5 Å². The van der Waals surface area contributed by atoms with Crippen LogP contribution < -0.4 is 0 Å². The molecule has 21 heavy (non-hydrogen) atoms. The van der Waals surface area contributed by atoms with Gasteiger partial charge in [0.05, 0.1) is 30.3 Å². The van der Waals surface area contributed by atoms with Crippen LogP contribution in [0.2, 0.25) is 0 Å². The van der Waals surface area contributed by atoms with Crippen molar-refractivity contribution in [2.75, 3.05) is 13.2 Å². The molecule has 1 saturated heterocycles. The normalized spacial score (nSPS) is 24.0. The van der Waals surface area contributed by atoms with Crippen LogP contribution in [0.4, 0.5) is 8.78 Å². The average molecular weight is 295 g/mol. The number of nitrogens with zero attached hydrogens (tertiary/aromatic N) is 3. The van der Waals surface area contributed by atoms with Crippen molar-refractivity contribution in [3.05, 3.63) is 30.1 Å². The summed E-state index contributed by atoms with van der Waals surface area (Å²) < 4.78 is 33.4. The second-order valence-electron chi connectivity index (χ2n) is 5.59. The molecule has 0 bridgehead atoms.